The SMILES string of the molecule is OCCCCc1nnnn1C1CCCCC1. The number of rotatable bonds is 5. The van der Waals surface area contributed by atoms with E-state index in [9.17, 15) is 0 Å². The topological polar surface area (TPSA) is 63.8 Å². The predicted molar refractivity (Wildman–Crippen MR) is 60.0 cm³/mol. The van der Waals surface area contributed by atoms with Gasteiger partial charge in [-0.3, -0.25) is 0 Å². The fourth-order valence-electron chi connectivity index (χ4n) is 2.38. The number of aryl methyl sites for hydroxylation is 1. The van der Waals surface area contributed by atoms with Crippen molar-refractivity contribution in [3.05, 3.63) is 5.82 Å². The van der Waals surface area contributed by atoms with E-state index >= 15 is 0 Å². The Hall–Kier alpha value is -0.970. The molecule has 0 aromatic carbocycles. The Morgan fingerprint density at radius 1 is 1.19 bits per heavy atom. The zero-order valence-corrected chi connectivity index (χ0v) is 9.68. The van der Waals surface area contributed by atoms with Gasteiger partial charge in [0.1, 0.15) is 0 Å². The lowest BCUT2D eigenvalue weighted by Gasteiger charge is -2.22. The second-order valence-corrected chi connectivity index (χ2v) is 4.51. The number of hydrogen-bond donors (Lipinski definition) is 1. The highest BCUT2D eigenvalue weighted by atomic mass is 16.2. The summed E-state index contributed by atoms with van der Waals surface area (Å²) in [4.78, 5) is 0. The van der Waals surface area contributed by atoms with Crippen LogP contribution < -0.4 is 0 Å². The molecule has 16 heavy (non-hydrogen) atoms. The van der Waals surface area contributed by atoms with Gasteiger partial charge in [-0.25, -0.2) is 4.68 Å². The summed E-state index contributed by atoms with van der Waals surface area (Å²) in [6.07, 6.45) is 9.01. The van der Waals surface area contributed by atoms with Crippen molar-refractivity contribution in [3.8, 4) is 0 Å². The molecule has 5 heteroatoms. The van der Waals surface area contributed by atoms with Gasteiger partial charge in [0, 0.05) is 13.0 Å². The third kappa shape index (κ3) is 2.78. The Kier molecular flexibility index (Phi) is 4.27. The van der Waals surface area contributed by atoms with Crippen molar-refractivity contribution in [2.24, 2.45) is 0 Å². The van der Waals surface area contributed by atoms with Crippen molar-refractivity contribution in [2.45, 2.75) is 57.4 Å². The van der Waals surface area contributed by atoms with E-state index in [1.165, 1.54) is 32.1 Å². The molecular weight excluding hydrogens is 204 g/mol. The maximum Gasteiger partial charge on any atom is 0.151 e. The zero-order valence-electron chi connectivity index (χ0n) is 9.68. The molecule has 0 radical (unpaired) electrons. The van der Waals surface area contributed by atoms with Gasteiger partial charge in [0.25, 0.3) is 0 Å². The first kappa shape index (κ1) is 11.5. The van der Waals surface area contributed by atoms with Gasteiger partial charge in [0.2, 0.25) is 0 Å². The third-order valence-electron chi connectivity index (χ3n) is 3.29. The van der Waals surface area contributed by atoms with Gasteiger partial charge in [-0.15, -0.1) is 5.10 Å². The lowest BCUT2D eigenvalue weighted by molar-refractivity contribution is 0.282. The quantitative estimate of drug-likeness (QED) is 0.770. The Labute approximate surface area is 95.9 Å². The summed E-state index contributed by atoms with van der Waals surface area (Å²) >= 11 is 0. The van der Waals surface area contributed by atoms with E-state index in [2.05, 4.69) is 15.5 Å². The van der Waals surface area contributed by atoms with E-state index in [1.807, 2.05) is 4.68 Å². The number of aliphatic hydroxyl groups excluding tert-OH is 1. The van der Waals surface area contributed by atoms with Crippen molar-refractivity contribution in [2.75, 3.05) is 6.61 Å². The maximum absolute atomic E-state index is 8.75. The Bertz CT molecular complexity index is 307. The average Bonchev–Trinajstić information content (AvgIpc) is 2.79. The minimum absolute atomic E-state index is 0.255. The molecule has 90 valence electrons. The van der Waals surface area contributed by atoms with Crippen molar-refractivity contribution in [1.82, 2.24) is 20.2 Å². The van der Waals surface area contributed by atoms with E-state index in [1.54, 1.807) is 0 Å². The first-order chi connectivity index (χ1) is 7.92. The standard InChI is InChI=1S/C11H20N4O/c16-9-5-4-8-11-12-13-14-15(11)10-6-2-1-3-7-10/h10,16H,1-9H2. The van der Waals surface area contributed by atoms with Crippen molar-refractivity contribution in [3.63, 3.8) is 0 Å². The molecule has 5 nitrogen and oxygen atoms in total. The van der Waals surface area contributed by atoms with E-state index < -0.39 is 0 Å². The molecule has 2 rings (SSSR count). The number of unbranched alkanes of at least 4 members (excludes halogenated alkanes) is 1. The lowest BCUT2D eigenvalue weighted by Crippen LogP contribution is -2.17. The average molecular weight is 224 g/mol. The Morgan fingerprint density at radius 3 is 2.75 bits per heavy atom. The van der Waals surface area contributed by atoms with Crippen LogP contribution in [0.4, 0.5) is 0 Å². The van der Waals surface area contributed by atoms with E-state index in [4.69, 9.17) is 5.11 Å². The van der Waals surface area contributed by atoms with Crippen LogP contribution in [0.1, 0.15) is 56.8 Å². The normalized spacial score (nSPS) is 17.8. The molecule has 1 N–H and O–H groups in total. The van der Waals surface area contributed by atoms with Crippen LogP contribution in [0, 0.1) is 0 Å². The highest BCUT2D eigenvalue weighted by molar-refractivity contribution is 4.85. The van der Waals surface area contributed by atoms with Crippen molar-refractivity contribution >= 4 is 0 Å². The molecule has 1 aromatic heterocycles. The first-order valence-corrected chi connectivity index (χ1v) is 6.29. The van der Waals surface area contributed by atoms with Gasteiger partial charge in [-0.05, 0) is 36.1 Å². The summed E-state index contributed by atoms with van der Waals surface area (Å²) in [5.74, 6) is 0.986. The van der Waals surface area contributed by atoms with Crippen LogP contribution in [0.5, 0.6) is 0 Å². The van der Waals surface area contributed by atoms with Crippen molar-refractivity contribution in [1.29, 1.82) is 0 Å². The minimum atomic E-state index is 0.255. The molecule has 1 heterocycles. The van der Waals surface area contributed by atoms with Crippen LogP contribution in [0.15, 0.2) is 0 Å². The molecule has 0 atom stereocenters. The number of tetrazole rings is 1. The van der Waals surface area contributed by atoms with Crippen molar-refractivity contribution < 1.29 is 5.11 Å². The van der Waals surface area contributed by atoms with E-state index in [-0.39, 0.29) is 6.61 Å². The van der Waals surface area contributed by atoms with E-state index in [0.29, 0.717) is 6.04 Å². The molecule has 0 aliphatic heterocycles. The Balaban J connectivity index is 1.94. The molecular formula is C11H20N4O. The minimum Gasteiger partial charge on any atom is -0.396 e. The highest BCUT2D eigenvalue weighted by Gasteiger charge is 2.19. The number of aromatic nitrogens is 4. The number of nitrogens with zero attached hydrogens (tertiary/aromatic N) is 4. The molecule has 1 aromatic rings. The molecule has 1 saturated carbocycles. The molecule has 1 aliphatic carbocycles. The molecule has 0 amide bonds. The lowest BCUT2D eigenvalue weighted by atomic mass is 9.95. The second-order valence-electron chi connectivity index (χ2n) is 4.51. The van der Waals surface area contributed by atoms with Crippen LogP contribution in [-0.2, 0) is 6.42 Å². The van der Waals surface area contributed by atoms with Gasteiger partial charge < -0.3 is 5.11 Å². The predicted octanol–water partition coefficient (Wildman–Crippen LogP) is 1.49. The highest BCUT2D eigenvalue weighted by Crippen LogP contribution is 2.27. The molecule has 0 saturated heterocycles. The molecule has 0 bridgehead atoms. The maximum atomic E-state index is 8.75. The molecule has 1 aliphatic rings. The number of aliphatic hydroxyl groups is 1. The summed E-state index contributed by atoms with van der Waals surface area (Å²) < 4.78 is 2.01. The first-order valence-electron chi connectivity index (χ1n) is 6.29. The smallest absolute Gasteiger partial charge is 0.151 e. The summed E-state index contributed by atoms with van der Waals surface area (Å²) in [6, 6.07) is 0.507. The van der Waals surface area contributed by atoms with Gasteiger partial charge >= 0.3 is 0 Å². The molecule has 1 fully saturated rings. The zero-order chi connectivity index (χ0) is 11.2. The summed E-state index contributed by atoms with van der Waals surface area (Å²) in [7, 11) is 0. The van der Waals surface area contributed by atoms with Gasteiger partial charge in [-0.1, -0.05) is 19.3 Å². The molecule has 0 spiro atoms. The van der Waals surface area contributed by atoms with Crippen LogP contribution in [0.2, 0.25) is 0 Å². The Morgan fingerprint density at radius 2 is 2.00 bits per heavy atom. The fraction of sp³-hybridized carbons (Fsp3) is 0.909. The largest absolute Gasteiger partial charge is 0.396 e. The monoisotopic (exact) mass is 224 g/mol. The fourth-order valence-corrected chi connectivity index (χ4v) is 2.38. The van der Waals surface area contributed by atoms with Crippen LogP contribution in [0.3, 0.4) is 0 Å². The van der Waals surface area contributed by atoms with Gasteiger partial charge in [0.05, 0.1) is 6.04 Å². The second kappa shape index (κ2) is 5.94. The third-order valence-corrected chi connectivity index (χ3v) is 3.29. The summed E-state index contributed by atoms with van der Waals surface area (Å²) in [6.45, 7) is 0.255. The summed E-state index contributed by atoms with van der Waals surface area (Å²) in [5.41, 5.74) is 0. The number of hydrogen-bond acceptors (Lipinski definition) is 4. The summed E-state index contributed by atoms with van der Waals surface area (Å²) in [5, 5.41) is 20.7. The van der Waals surface area contributed by atoms with E-state index in [0.717, 1.165) is 25.1 Å². The van der Waals surface area contributed by atoms with Crippen LogP contribution >= 0.6 is 0 Å². The van der Waals surface area contributed by atoms with Gasteiger partial charge in [0.15, 0.2) is 5.82 Å². The van der Waals surface area contributed by atoms with Crippen LogP contribution in [0.25, 0.3) is 0 Å². The van der Waals surface area contributed by atoms with Crippen LogP contribution in [-0.4, -0.2) is 31.9 Å². The van der Waals surface area contributed by atoms with Gasteiger partial charge in [-0.2, -0.15) is 0 Å². The molecule has 0 unspecified atom stereocenters.